The number of aliphatic hydroxyl groups excluding tert-OH is 3. The zero-order chi connectivity index (χ0) is 27.5. The van der Waals surface area contributed by atoms with Crippen molar-refractivity contribution in [3.05, 3.63) is 59.0 Å². The molecular formula is C29H31N3O6S. The van der Waals surface area contributed by atoms with Gasteiger partial charge < -0.3 is 35.0 Å². The molecular weight excluding hydrogens is 518 g/mol. The number of aliphatic hydroxyl groups is 3. The van der Waals surface area contributed by atoms with Crippen LogP contribution in [0.5, 0.6) is 0 Å². The summed E-state index contributed by atoms with van der Waals surface area (Å²) < 4.78 is 10.8. The highest BCUT2D eigenvalue weighted by Gasteiger charge is 2.37. The molecule has 1 aromatic heterocycles. The molecule has 5 rings (SSSR count). The van der Waals surface area contributed by atoms with Gasteiger partial charge in [-0.15, -0.1) is 11.3 Å². The van der Waals surface area contributed by atoms with Crippen LogP contribution < -0.4 is 10.2 Å². The van der Waals surface area contributed by atoms with Crippen LogP contribution in [0, 0.1) is 11.3 Å². The van der Waals surface area contributed by atoms with Gasteiger partial charge in [0.05, 0.1) is 19.8 Å². The van der Waals surface area contributed by atoms with Crippen LogP contribution in [0.25, 0.3) is 26.8 Å². The van der Waals surface area contributed by atoms with E-state index in [0.29, 0.717) is 5.57 Å². The summed E-state index contributed by atoms with van der Waals surface area (Å²) in [6, 6.07) is 18.7. The molecule has 0 spiro atoms. The molecule has 9 nitrogen and oxygen atoms in total. The number of anilines is 1. The summed E-state index contributed by atoms with van der Waals surface area (Å²) in [6.45, 7) is 4.74. The van der Waals surface area contributed by atoms with Gasteiger partial charge in [0.2, 0.25) is 0 Å². The smallest absolute Gasteiger partial charge is 0.262 e. The average molecular weight is 550 g/mol. The van der Waals surface area contributed by atoms with Gasteiger partial charge in [-0.1, -0.05) is 18.2 Å². The van der Waals surface area contributed by atoms with Gasteiger partial charge >= 0.3 is 0 Å². The molecule has 0 radical (unpaired) electrons. The molecule has 4 atom stereocenters. The number of fused-ring (bicyclic) bond motifs is 1. The van der Waals surface area contributed by atoms with Crippen LogP contribution in [0.1, 0.15) is 11.8 Å². The van der Waals surface area contributed by atoms with Crippen LogP contribution in [0.15, 0.2) is 54.1 Å². The lowest BCUT2D eigenvalue weighted by atomic mass is 10.00. The van der Waals surface area contributed by atoms with Crippen molar-refractivity contribution >= 4 is 39.3 Å². The van der Waals surface area contributed by atoms with E-state index in [4.69, 9.17) is 9.47 Å². The monoisotopic (exact) mass is 549 g/mol. The number of nitrogens with zero attached hydrogens (tertiary/aromatic N) is 2. The van der Waals surface area contributed by atoms with E-state index in [1.54, 1.807) is 6.92 Å². The first-order chi connectivity index (χ1) is 18.9. The number of carbonyl (C=O) groups is 1. The normalized spacial score (nSPS) is 24.2. The van der Waals surface area contributed by atoms with E-state index < -0.39 is 30.3 Å². The fourth-order valence-corrected chi connectivity index (χ4v) is 5.86. The predicted molar refractivity (Wildman–Crippen MR) is 149 cm³/mol. The molecule has 2 aliphatic heterocycles. The summed E-state index contributed by atoms with van der Waals surface area (Å²) in [4.78, 5) is 17.0. The Balaban J connectivity index is 1.30. The van der Waals surface area contributed by atoms with Crippen molar-refractivity contribution in [3.8, 4) is 16.5 Å². The molecule has 4 unspecified atom stereocenters. The highest BCUT2D eigenvalue weighted by molar-refractivity contribution is 7.16. The summed E-state index contributed by atoms with van der Waals surface area (Å²) in [5, 5.41) is 44.1. The number of morpholine rings is 1. The molecule has 2 aliphatic rings. The molecule has 0 aliphatic carbocycles. The first-order valence-corrected chi connectivity index (χ1v) is 13.7. The van der Waals surface area contributed by atoms with Crippen molar-refractivity contribution in [1.29, 1.82) is 5.26 Å². The fourth-order valence-electron chi connectivity index (χ4n) is 4.86. The number of hydrogen-bond acceptors (Lipinski definition) is 9. The third kappa shape index (κ3) is 5.84. The lowest BCUT2D eigenvalue weighted by Crippen LogP contribution is -2.56. The Morgan fingerprint density at radius 2 is 1.82 bits per heavy atom. The van der Waals surface area contributed by atoms with Gasteiger partial charge in [-0.2, -0.15) is 5.26 Å². The van der Waals surface area contributed by atoms with Crippen LogP contribution in [0.3, 0.4) is 0 Å². The van der Waals surface area contributed by atoms with Crippen molar-refractivity contribution < 1.29 is 29.6 Å². The third-order valence-corrected chi connectivity index (χ3v) is 8.50. The molecule has 2 fully saturated rings. The van der Waals surface area contributed by atoms with Crippen LogP contribution in [-0.2, 0) is 14.3 Å². The van der Waals surface area contributed by atoms with Crippen LogP contribution >= 0.6 is 11.3 Å². The lowest BCUT2D eigenvalue weighted by Gasteiger charge is -2.35. The number of rotatable bonds is 6. The van der Waals surface area contributed by atoms with Crippen LogP contribution in [0.4, 0.5) is 5.69 Å². The number of carbonyl (C=O) groups excluding carboxylic acids is 1. The maximum absolute atomic E-state index is 12.8. The summed E-state index contributed by atoms with van der Waals surface area (Å²) in [7, 11) is 0. The largest absolute Gasteiger partial charge is 0.388 e. The summed E-state index contributed by atoms with van der Waals surface area (Å²) in [5.74, 6) is -0.594. The highest BCUT2D eigenvalue weighted by atomic mass is 32.1. The van der Waals surface area contributed by atoms with Gasteiger partial charge in [0.15, 0.2) is 0 Å². The molecule has 2 aromatic carbocycles. The molecule has 3 heterocycles. The van der Waals surface area contributed by atoms with Gasteiger partial charge in [0.25, 0.3) is 5.91 Å². The van der Waals surface area contributed by atoms with Gasteiger partial charge in [-0.25, -0.2) is 0 Å². The van der Waals surface area contributed by atoms with Crippen molar-refractivity contribution in [2.75, 3.05) is 44.4 Å². The second-order valence-electron chi connectivity index (χ2n) is 9.75. The van der Waals surface area contributed by atoms with Crippen molar-refractivity contribution in [2.24, 2.45) is 0 Å². The second-order valence-corrected chi connectivity index (χ2v) is 10.8. The summed E-state index contributed by atoms with van der Waals surface area (Å²) in [5.41, 5.74) is 2.75. The number of amides is 1. The first kappa shape index (κ1) is 27.3. The minimum atomic E-state index is -1.36. The van der Waals surface area contributed by atoms with E-state index in [2.05, 4.69) is 46.6 Å². The molecule has 4 N–H and O–H groups in total. The number of nitrogens with one attached hydrogen (secondary N) is 1. The zero-order valence-electron chi connectivity index (χ0n) is 21.5. The van der Waals surface area contributed by atoms with E-state index >= 15 is 0 Å². The van der Waals surface area contributed by atoms with Crippen molar-refractivity contribution in [3.63, 3.8) is 0 Å². The quantitative estimate of drug-likeness (QED) is 0.272. The number of allylic oxidation sites excluding steroid dienone is 1. The third-order valence-electron chi connectivity index (χ3n) is 7.24. The number of benzene rings is 2. The fraction of sp³-hybridized carbons (Fsp3) is 0.379. The Hall–Kier alpha value is -3.30. The number of thiophene rings is 1. The van der Waals surface area contributed by atoms with Crippen LogP contribution in [-0.4, -0.2) is 85.1 Å². The summed E-state index contributed by atoms with van der Waals surface area (Å²) in [6.07, 6.45) is -4.79. The van der Waals surface area contributed by atoms with Crippen LogP contribution in [0.2, 0.25) is 0 Å². The molecule has 0 bridgehead atoms. The SMILES string of the molecule is CC(=C(C#N)C(=O)NCC1OCC(O)C(O)C1O)c1ccc(-c2ccc3cc(N4CCOCC4)ccc3c2)s1. The molecule has 3 aromatic rings. The molecule has 1 amide bonds. The molecule has 204 valence electrons. The van der Waals surface area contributed by atoms with Gasteiger partial charge in [-0.05, 0) is 59.2 Å². The topological polar surface area (TPSA) is 135 Å². The van der Waals surface area contributed by atoms with Gasteiger partial charge in [-0.3, -0.25) is 4.79 Å². The molecule has 39 heavy (non-hydrogen) atoms. The number of nitriles is 1. The standard InChI is InChI=1S/C29H31N3O6S/c1-17(22(14-30)29(36)31-15-24-28(35)27(34)23(33)16-38-24)25-6-7-26(39-25)20-3-2-19-13-21(5-4-18(19)12-20)32-8-10-37-11-9-32/h2-7,12-13,23-24,27-28,33-35H,8-11,15-16H2,1H3,(H,31,36). The van der Waals surface area contributed by atoms with E-state index in [1.807, 2.05) is 18.2 Å². The first-order valence-electron chi connectivity index (χ1n) is 12.9. The average Bonchev–Trinajstić information content (AvgIpc) is 3.46. The number of ether oxygens (including phenoxy) is 2. The Bertz CT molecular complexity index is 1420. The maximum atomic E-state index is 12.8. The second kappa shape index (κ2) is 11.8. The molecule has 0 saturated carbocycles. The van der Waals surface area contributed by atoms with E-state index in [0.717, 1.165) is 52.4 Å². The van der Waals surface area contributed by atoms with E-state index in [9.17, 15) is 25.4 Å². The maximum Gasteiger partial charge on any atom is 0.262 e. The summed E-state index contributed by atoms with van der Waals surface area (Å²) >= 11 is 1.50. The van der Waals surface area contributed by atoms with E-state index in [1.165, 1.54) is 17.0 Å². The number of hydrogen-bond donors (Lipinski definition) is 4. The van der Waals surface area contributed by atoms with Crippen molar-refractivity contribution in [2.45, 2.75) is 31.3 Å². The van der Waals surface area contributed by atoms with Crippen molar-refractivity contribution in [1.82, 2.24) is 5.32 Å². The molecule has 10 heteroatoms. The van der Waals surface area contributed by atoms with Gasteiger partial charge in [0.1, 0.15) is 36.1 Å². The molecule has 2 saturated heterocycles. The highest BCUT2D eigenvalue weighted by Crippen LogP contribution is 2.35. The Labute approximate surface area is 230 Å². The Morgan fingerprint density at radius 1 is 1.08 bits per heavy atom. The minimum absolute atomic E-state index is 0.0385. The Morgan fingerprint density at radius 3 is 2.59 bits per heavy atom. The van der Waals surface area contributed by atoms with Gasteiger partial charge in [0, 0.05) is 35.1 Å². The zero-order valence-corrected chi connectivity index (χ0v) is 22.4. The predicted octanol–water partition coefficient (Wildman–Crippen LogP) is 2.30. The lowest BCUT2D eigenvalue weighted by molar-refractivity contribution is -0.185. The Kier molecular flexibility index (Phi) is 8.28. The van der Waals surface area contributed by atoms with E-state index in [-0.39, 0.29) is 18.7 Å². The minimum Gasteiger partial charge on any atom is -0.388 e.